The van der Waals surface area contributed by atoms with Crippen LogP contribution in [0.2, 0.25) is 0 Å². The second-order valence-corrected chi connectivity index (χ2v) is 9.47. The molecular weight excluding hydrogens is 422 g/mol. The SMILES string of the molecule is CN(CC(=O)NC[C@@H]1COc2ccccc2O1)S(=O)(=O)c1ccc2c(c1)CCC(=O)N2. The van der Waals surface area contributed by atoms with Gasteiger partial charge in [-0.05, 0) is 42.3 Å². The van der Waals surface area contributed by atoms with Crippen LogP contribution >= 0.6 is 0 Å². The first kappa shape index (κ1) is 21.1. The molecule has 4 rings (SSSR count). The Morgan fingerprint density at radius 3 is 2.77 bits per heavy atom. The summed E-state index contributed by atoms with van der Waals surface area (Å²) in [5.74, 6) is 0.725. The van der Waals surface area contributed by atoms with E-state index >= 15 is 0 Å². The fourth-order valence-corrected chi connectivity index (χ4v) is 4.61. The van der Waals surface area contributed by atoms with Gasteiger partial charge in [-0.15, -0.1) is 0 Å². The number of rotatable bonds is 6. The number of carbonyl (C=O) groups excluding carboxylic acids is 2. The molecule has 2 amide bonds. The monoisotopic (exact) mass is 445 g/mol. The Hall–Kier alpha value is -3.11. The molecule has 0 saturated heterocycles. The molecule has 10 heteroatoms. The molecule has 1 atom stereocenters. The third kappa shape index (κ3) is 4.64. The van der Waals surface area contributed by atoms with Crippen LogP contribution in [-0.2, 0) is 26.0 Å². The van der Waals surface area contributed by atoms with E-state index in [-0.39, 0.29) is 36.6 Å². The lowest BCUT2D eigenvalue weighted by molar-refractivity contribution is -0.121. The summed E-state index contributed by atoms with van der Waals surface area (Å²) in [6.45, 7) is 0.150. The van der Waals surface area contributed by atoms with Crippen LogP contribution in [0.5, 0.6) is 11.5 Å². The van der Waals surface area contributed by atoms with Gasteiger partial charge >= 0.3 is 0 Å². The number of likely N-dealkylation sites (N-methyl/N-ethyl adjacent to an activating group) is 1. The molecule has 2 N–H and O–H groups in total. The minimum absolute atomic E-state index is 0.0818. The van der Waals surface area contributed by atoms with Crippen molar-refractivity contribution in [1.29, 1.82) is 0 Å². The van der Waals surface area contributed by atoms with Gasteiger partial charge in [-0.1, -0.05) is 12.1 Å². The normalized spacial score (nSPS) is 17.6. The van der Waals surface area contributed by atoms with Crippen LogP contribution in [0, 0.1) is 0 Å². The molecule has 0 radical (unpaired) electrons. The molecule has 164 valence electrons. The molecule has 0 spiro atoms. The molecule has 0 saturated carbocycles. The highest BCUT2D eigenvalue weighted by molar-refractivity contribution is 7.89. The summed E-state index contributed by atoms with van der Waals surface area (Å²) in [7, 11) is -2.51. The molecule has 2 aliphatic rings. The van der Waals surface area contributed by atoms with E-state index in [1.54, 1.807) is 24.3 Å². The summed E-state index contributed by atoms with van der Waals surface area (Å²) in [5, 5.41) is 5.42. The number of carbonyl (C=O) groups is 2. The fraction of sp³-hybridized carbons (Fsp3) is 0.333. The first-order valence-corrected chi connectivity index (χ1v) is 11.3. The number of nitrogens with zero attached hydrogens (tertiary/aromatic N) is 1. The Morgan fingerprint density at radius 1 is 1.19 bits per heavy atom. The fourth-order valence-electron chi connectivity index (χ4n) is 3.43. The van der Waals surface area contributed by atoms with E-state index in [9.17, 15) is 18.0 Å². The molecule has 31 heavy (non-hydrogen) atoms. The topological polar surface area (TPSA) is 114 Å². The van der Waals surface area contributed by atoms with Crippen molar-refractivity contribution in [3.05, 3.63) is 48.0 Å². The molecule has 2 aliphatic heterocycles. The predicted octanol–water partition coefficient (Wildman–Crippen LogP) is 1.15. The lowest BCUT2D eigenvalue weighted by atomic mass is 10.0. The lowest BCUT2D eigenvalue weighted by Crippen LogP contribution is -2.44. The Labute approximate surface area is 180 Å². The van der Waals surface area contributed by atoms with E-state index in [1.165, 1.54) is 13.1 Å². The number of anilines is 1. The van der Waals surface area contributed by atoms with Crippen LogP contribution in [0.4, 0.5) is 5.69 Å². The molecule has 0 bridgehead atoms. The van der Waals surface area contributed by atoms with Gasteiger partial charge in [0.25, 0.3) is 0 Å². The van der Waals surface area contributed by atoms with E-state index < -0.39 is 15.9 Å². The zero-order valence-corrected chi connectivity index (χ0v) is 17.8. The van der Waals surface area contributed by atoms with Crippen LogP contribution in [0.25, 0.3) is 0 Å². The second-order valence-electron chi connectivity index (χ2n) is 7.43. The molecule has 2 heterocycles. The van der Waals surface area contributed by atoms with Crippen LogP contribution in [0.1, 0.15) is 12.0 Å². The van der Waals surface area contributed by atoms with Gasteiger partial charge in [0.05, 0.1) is 18.0 Å². The average Bonchev–Trinajstić information content (AvgIpc) is 2.77. The van der Waals surface area contributed by atoms with Gasteiger partial charge in [-0.3, -0.25) is 9.59 Å². The standard InChI is InChI=1S/C21H23N3O6S/c1-24(31(27,28)16-7-8-17-14(10-16)6-9-20(25)23-17)12-21(26)22-11-15-13-29-18-4-2-3-5-19(18)30-15/h2-5,7-8,10,15H,6,9,11-13H2,1H3,(H,22,26)(H,23,25)/t15-/m1/s1. The van der Waals surface area contributed by atoms with E-state index in [2.05, 4.69) is 10.6 Å². The van der Waals surface area contributed by atoms with Crippen molar-refractivity contribution in [3.8, 4) is 11.5 Å². The molecule has 2 aromatic carbocycles. The molecule has 0 fully saturated rings. The number of hydrogen-bond donors (Lipinski definition) is 2. The van der Waals surface area contributed by atoms with E-state index in [0.717, 1.165) is 9.87 Å². The number of sulfonamides is 1. The highest BCUT2D eigenvalue weighted by Crippen LogP contribution is 2.30. The third-order valence-corrected chi connectivity index (χ3v) is 6.94. The van der Waals surface area contributed by atoms with E-state index in [1.807, 2.05) is 12.1 Å². The van der Waals surface area contributed by atoms with Gasteiger partial charge in [-0.25, -0.2) is 8.42 Å². The van der Waals surface area contributed by atoms with Crippen molar-refractivity contribution in [3.63, 3.8) is 0 Å². The van der Waals surface area contributed by atoms with Crippen LogP contribution in [0.15, 0.2) is 47.4 Å². The molecule has 0 aromatic heterocycles. The number of nitrogens with one attached hydrogen (secondary N) is 2. The number of aryl methyl sites for hydroxylation is 1. The van der Waals surface area contributed by atoms with Crippen molar-refractivity contribution < 1.29 is 27.5 Å². The van der Waals surface area contributed by atoms with Crippen LogP contribution < -0.4 is 20.1 Å². The highest BCUT2D eigenvalue weighted by Gasteiger charge is 2.26. The summed E-state index contributed by atoms with van der Waals surface area (Å²) < 4.78 is 38.1. The van der Waals surface area contributed by atoms with Crippen molar-refractivity contribution in [2.24, 2.45) is 0 Å². The molecular formula is C21H23N3O6S. The van der Waals surface area contributed by atoms with Crippen molar-refractivity contribution in [2.75, 3.05) is 32.1 Å². The summed E-state index contributed by atoms with van der Waals surface area (Å²) in [5.41, 5.74) is 1.38. The second kappa shape index (κ2) is 8.56. The molecule has 2 aromatic rings. The Kier molecular flexibility index (Phi) is 5.84. The zero-order chi connectivity index (χ0) is 22.0. The van der Waals surface area contributed by atoms with Gasteiger partial charge in [-0.2, -0.15) is 4.31 Å². The highest BCUT2D eigenvalue weighted by atomic mass is 32.2. The first-order chi connectivity index (χ1) is 14.8. The van der Waals surface area contributed by atoms with Crippen molar-refractivity contribution in [1.82, 2.24) is 9.62 Å². The smallest absolute Gasteiger partial charge is 0.243 e. The van der Waals surface area contributed by atoms with Gasteiger partial charge in [0, 0.05) is 19.2 Å². The number of benzene rings is 2. The van der Waals surface area contributed by atoms with Crippen molar-refractivity contribution >= 4 is 27.5 Å². The first-order valence-electron chi connectivity index (χ1n) is 9.87. The van der Waals surface area contributed by atoms with E-state index in [4.69, 9.17) is 9.47 Å². The number of ether oxygens (including phenoxy) is 2. The van der Waals surface area contributed by atoms with Gasteiger partial charge < -0.3 is 20.1 Å². The predicted molar refractivity (Wildman–Crippen MR) is 113 cm³/mol. The summed E-state index contributed by atoms with van der Waals surface area (Å²) in [4.78, 5) is 23.9. The number of fused-ring (bicyclic) bond motifs is 2. The molecule has 0 unspecified atom stereocenters. The summed E-state index contributed by atoms with van der Waals surface area (Å²) in [6.07, 6.45) is 0.421. The Balaban J connectivity index is 1.34. The van der Waals surface area contributed by atoms with Gasteiger partial charge in [0.2, 0.25) is 21.8 Å². The number of para-hydroxylation sites is 2. The molecule has 9 nitrogen and oxygen atoms in total. The van der Waals surface area contributed by atoms with Crippen LogP contribution in [-0.4, -0.2) is 57.4 Å². The largest absolute Gasteiger partial charge is 0.486 e. The Bertz CT molecular complexity index is 1120. The van der Waals surface area contributed by atoms with Gasteiger partial charge in [0.1, 0.15) is 12.7 Å². The minimum Gasteiger partial charge on any atom is -0.486 e. The van der Waals surface area contributed by atoms with Crippen molar-refractivity contribution in [2.45, 2.75) is 23.8 Å². The zero-order valence-electron chi connectivity index (χ0n) is 17.0. The van der Waals surface area contributed by atoms with Crippen LogP contribution in [0.3, 0.4) is 0 Å². The minimum atomic E-state index is -3.86. The van der Waals surface area contributed by atoms with Gasteiger partial charge in [0.15, 0.2) is 11.5 Å². The summed E-state index contributed by atoms with van der Waals surface area (Å²) in [6, 6.07) is 11.8. The maximum Gasteiger partial charge on any atom is 0.243 e. The molecule has 0 aliphatic carbocycles. The maximum atomic E-state index is 12.9. The quantitative estimate of drug-likeness (QED) is 0.690. The Morgan fingerprint density at radius 2 is 1.97 bits per heavy atom. The van der Waals surface area contributed by atoms with E-state index in [0.29, 0.717) is 30.0 Å². The number of hydrogen-bond acceptors (Lipinski definition) is 6. The number of amides is 2. The summed E-state index contributed by atoms with van der Waals surface area (Å²) >= 11 is 0. The maximum absolute atomic E-state index is 12.9. The average molecular weight is 445 g/mol. The third-order valence-electron chi connectivity index (χ3n) is 5.14. The lowest BCUT2D eigenvalue weighted by Gasteiger charge is -2.26.